The second kappa shape index (κ2) is 6.00. The van der Waals surface area contributed by atoms with Gasteiger partial charge in [-0.1, -0.05) is 0 Å². The monoisotopic (exact) mass is 259 g/mol. The predicted molar refractivity (Wildman–Crippen MR) is 45.3 cm³/mol. The summed E-state index contributed by atoms with van der Waals surface area (Å²) in [6, 6.07) is 0. The van der Waals surface area contributed by atoms with Gasteiger partial charge in [0, 0.05) is 0 Å². The van der Waals surface area contributed by atoms with Crippen molar-refractivity contribution in [2.75, 3.05) is 20.7 Å². The normalized spacial score (nSPS) is 9.10. The van der Waals surface area contributed by atoms with E-state index in [1.54, 1.807) is 0 Å². The first-order valence-electron chi connectivity index (χ1n) is 3.52. The van der Waals surface area contributed by atoms with Crippen molar-refractivity contribution < 1.29 is 4.74 Å². The van der Waals surface area contributed by atoms with E-state index in [0.717, 1.165) is 16.9 Å². The molecule has 0 atom stereocenters. The summed E-state index contributed by atoms with van der Waals surface area (Å²) in [7, 11) is 3.98. The Bertz CT molecular complexity index is 104. The zero-order valence-electron chi connectivity index (χ0n) is 6.89. The SMILES string of the molecule is CCCCOC(=[Te])N(C)C. The van der Waals surface area contributed by atoms with Crippen LogP contribution < -0.4 is 0 Å². The molecule has 0 fully saturated rings. The molecule has 2 nitrogen and oxygen atoms in total. The third-order valence-corrected chi connectivity index (χ3v) is 2.47. The molecule has 0 radical (unpaired) electrons. The van der Waals surface area contributed by atoms with Crippen LogP contribution in [0.25, 0.3) is 0 Å². The van der Waals surface area contributed by atoms with E-state index in [9.17, 15) is 0 Å². The molecule has 0 aromatic rings. The predicted octanol–water partition coefficient (Wildman–Crippen LogP) is 0.621. The van der Waals surface area contributed by atoms with Crippen LogP contribution in [-0.4, -0.2) is 51.3 Å². The quantitative estimate of drug-likeness (QED) is 0.528. The second-order valence-electron chi connectivity index (χ2n) is 2.36. The molecule has 0 spiro atoms. The number of rotatable bonds is 5. The maximum absolute atomic E-state index is 5.39. The van der Waals surface area contributed by atoms with Gasteiger partial charge in [-0.15, -0.1) is 0 Å². The zero-order chi connectivity index (χ0) is 7.98. The van der Waals surface area contributed by atoms with Crippen LogP contribution in [0.2, 0.25) is 0 Å². The van der Waals surface area contributed by atoms with E-state index in [1.165, 1.54) is 6.42 Å². The molecule has 10 heavy (non-hydrogen) atoms. The Morgan fingerprint density at radius 2 is 2.10 bits per heavy atom. The number of unbranched alkanes of at least 4 members (excludes halogenated alkanes) is 1. The average Bonchev–Trinajstić information content (AvgIpc) is 1.88. The van der Waals surface area contributed by atoms with Crippen LogP contribution in [0, 0.1) is 0 Å². The summed E-state index contributed by atoms with van der Waals surface area (Å²) in [6.07, 6.45) is 2.34. The molecule has 0 aromatic heterocycles. The second-order valence-corrected chi connectivity index (χ2v) is 3.36. The van der Waals surface area contributed by atoms with Crippen LogP contribution in [0.5, 0.6) is 0 Å². The fourth-order valence-electron chi connectivity index (χ4n) is 0.433. The molecule has 60 valence electrons. The minimum atomic E-state index is 0.850. The first-order valence-corrected chi connectivity index (χ1v) is 4.69. The summed E-state index contributed by atoms with van der Waals surface area (Å²) in [5, 5.41) is 0. The standard InChI is InChI=1S/C7H15NOTe/c1-4-5-6-9-7(10)8(2)3/h4-6H2,1-3H3. The summed E-state index contributed by atoms with van der Waals surface area (Å²) in [5.41, 5.74) is 0. The molecule has 0 aliphatic heterocycles. The summed E-state index contributed by atoms with van der Waals surface area (Å²) < 4.78 is 6.39. The van der Waals surface area contributed by atoms with Gasteiger partial charge >= 0.3 is 75.8 Å². The van der Waals surface area contributed by atoms with Gasteiger partial charge in [0.15, 0.2) is 0 Å². The van der Waals surface area contributed by atoms with E-state index >= 15 is 0 Å². The Balaban J connectivity index is 3.22. The summed E-state index contributed by atoms with van der Waals surface area (Å²) in [6.45, 7) is 3.01. The fraction of sp³-hybridized carbons (Fsp3) is 0.857. The average molecular weight is 257 g/mol. The molecule has 0 unspecified atom stereocenters. The molecular weight excluding hydrogens is 242 g/mol. The molecule has 0 amide bonds. The van der Waals surface area contributed by atoms with Crippen molar-refractivity contribution in [3.8, 4) is 0 Å². The van der Waals surface area contributed by atoms with Gasteiger partial charge in [0.05, 0.1) is 0 Å². The zero-order valence-corrected chi connectivity index (χ0v) is 9.22. The summed E-state index contributed by atoms with van der Waals surface area (Å²) >= 11 is 1.91. The van der Waals surface area contributed by atoms with Crippen LogP contribution >= 0.6 is 0 Å². The Morgan fingerprint density at radius 1 is 1.50 bits per heavy atom. The van der Waals surface area contributed by atoms with Gasteiger partial charge in [-0.05, 0) is 0 Å². The van der Waals surface area contributed by atoms with Crippen LogP contribution in [0.4, 0.5) is 0 Å². The van der Waals surface area contributed by atoms with Crippen molar-refractivity contribution in [3.05, 3.63) is 0 Å². The molecule has 0 bridgehead atoms. The van der Waals surface area contributed by atoms with E-state index in [-0.39, 0.29) is 0 Å². The van der Waals surface area contributed by atoms with Crippen molar-refractivity contribution in [1.29, 1.82) is 0 Å². The van der Waals surface area contributed by atoms with Crippen LogP contribution in [-0.2, 0) is 4.74 Å². The molecule has 0 aromatic carbocycles. The summed E-state index contributed by atoms with van der Waals surface area (Å²) in [4.78, 5) is 1.99. The number of nitrogens with zero attached hydrogens (tertiary/aromatic N) is 1. The van der Waals surface area contributed by atoms with Crippen LogP contribution in [0.3, 0.4) is 0 Å². The van der Waals surface area contributed by atoms with E-state index < -0.39 is 0 Å². The third kappa shape index (κ3) is 5.08. The van der Waals surface area contributed by atoms with Crippen LogP contribution in [0.15, 0.2) is 0 Å². The molecule has 0 aliphatic rings. The topological polar surface area (TPSA) is 12.5 Å². The molecule has 0 rings (SSSR count). The van der Waals surface area contributed by atoms with Gasteiger partial charge in [-0.25, -0.2) is 0 Å². The van der Waals surface area contributed by atoms with Gasteiger partial charge in [0.2, 0.25) is 0 Å². The number of ether oxygens (including phenoxy) is 1. The van der Waals surface area contributed by atoms with E-state index in [1.807, 2.05) is 40.8 Å². The van der Waals surface area contributed by atoms with Crippen molar-refractivity contribution in [2.24, 2.45) is 0 Å². The van der Waals surface area contributed by atoms with Gasteiger partial charge in [0.25, 0.3) is 0 Å². The summed E-state index contributed by atoms with van der Waals surface area (Å²) in [5.74, 6) is 0. The van der Waals surface area contributed by atoms with Crippen LogP contribution in [0.1, 0.15) is 19.8 Å². The maximum atomic E-state index is 5.39. The molecule has 0 saturated carbocycles. The Hall–Kier alpha value is 0.260. The first-order chi connectivity index (χ1) is 4.68. The molecule has 3 heteroatoms. The fourth-order valence-corrected chi connectivity index (χ4v) is 0.671. The third-order valence-electron chi connectivity index (χ3n) is 1.09. The Kier molecular flexibility index (Phi) is 6.16. The van der Waals surface area contributed by atoms with Crippen molar-refractivity contribution in [3.63, 3.8) is 0 Å². The van der Waals surface area contributed by atoms with Gasteiger partial charge < -0.3 is 0 Å². The van der Waals surface area contributed by atoms with E-state index in [4.69, 9.17) is 4.74 Å². The Morgan fingerprint density at radius 3 is 2.50 bits per heavy atom. The molecular formula is C7H15NOTe. The first kappa shape index (κ1) is 10.3. The van der Waals surface area contributed by atoms with E-state index in [2.05, 4.69) is 6.92 Å². The number of hydrogen-bond acceptors (Lipinski definition) is 2. The van der Waals surface area contributed by atoms with Gasteiger partial charge in [0.1, 0.15) is 0 Å². The molecule has 0 aliphatic carbocycles. The van der Waals surface area contributed by atoms with Crippen molar-refractivity contribution in [2.45, 2.75) is 19.8 Å². The van der Waals surface area contributed by atoms with Crippen molar-refractivity contribution >= 4 is 25.7 Å². The molecule has 0 saturated heterocycles. The van der Waals surface area contributed by atoms with Gasteiger partial charge in [-0.2, -0.15) is 0 Å². The molecule has 0 heterocycles. The van der Waals surface area contributed by atoms with E-state index in [0.29, 0.717) is 0 Å². The van der Waals surface area contributed by atoms with Crippen molar-refractivity contribution in [1.82, 2.24) is 4.90 Å². The number of hydrogen-bond donors (Lipinski definition) is 0. The minimum absolute atomic E-state index is 0.850. The van der Waals surface area contributed by atoms with Gasteiger partial charge in [-0.3, -0.25) is 0 Å². The molecule has 0 N–H and O–H groups in total. The Labute approximate surface area is 75.9 Å².